The molecule has 4 rings (SSSR count). The fraction of sp³-hybridized carbons (Fsp3) is 0.0909. The van der Waals surface area contributed by atoms with Crippen LogP contribution in [0.4, 0.5) is 5.00 Å². The molecule has 0 N–H and O–H groups in total. The number of fused-ring (bicyclic) bond motifs is 1. The summed E-state index contributed by atoms with van der Waals surface area (Å²) in [6, 6.07) is 26.5. The van der Waals surface area contributed by atoms with Crippen molar-refractivity contribution in [3.8, 4) is 0 Å². The number of nitrogens with zero attached hydrogens (tertiary/aromatic N) is 1. The maximum absolute atomic E-state index is 13.5. The molecule has 0 radical (unpaired) electrons. The van der Waals surface area contributed by atoms with Gasteiger partial charge in [-0.25, -0.2) is 8.42 Å². The van der Waals surface area contributed by atoms with E-state index >= 15 is 0 Å². The third-order valence-electron chi connectivity index (χ3n) is 4.52. The summed E-state index contributed by atoms with van der Waals surface area (Å²) in [6.45, 7) is 0.368. The summed E-state index contributed by atoms with van der Waals surface area (Å²) in [5.41, 5.74) is 1.10. The number of anilines is 1. The van der Waals surface area contributed by atoms with Gasteiger partial charge >= 0.3 is 0 Å². The summed E-state index contributed by atoms with van der Waals surface area (Å²) in [4.78, 5) is 0.299. The van der Waals surface area contributed by atoms with Gasteiger partial charge in [-0.05, 0) is 46.1 Å². The molecule has 1 aromatic heterocycles. The highest BCUT2D eigenvalue weighted by Gasteiger charge is 2.28. The third-order valence-corrected chi connectivity index (χ3v) is 8.71. The Kier molecular flexibility index (Phi) is 5.53. The minimum Gasteiger partial charge on any atom is -0.256 e. The number of hydrogen-bond donors (Lipinski definition) is 0. The van der Waals surface area contributed by atoms with Gasteiger partial charge in [-0.2, -0.15) is 0 Å². The Morgan fingerprint density at radius 1 is 0.821 bits per heavy atom. The number of thiophene rings is 1. The summed E-state index contributed by atoms with van der Waals surface area (Å²) in [5, 5.41) is 1.73. The Bertz CT molecular complexity index is 1190. The first kappa shape index (κ1) is 19.2. The van der Waals surface area contributed by atoms with Gasteiger partial charge in [0.2, 0.25) is 0 Å². The van der Waals surface area contributed by atoms with E-state index in [0.717, 1.165) is 20.1 Å². The van der Waals surface area contributed by atoms with Crippen LogP contribution in [0.25, 0.3) is 10.1 Å². The van der Waals surface area contributed by atoms with Crippen molar-refractivity contribution in [2.75, 3.05) is 10.8 Å². The van der Waals surface area contributed by atoms with Gasteiger partial charge in [-0.15, -0.1) is 11.3 Å². The van der Waals surface area contributed by atoms with Crippen LogP contribution in [0.5, 0.6) is 0 Å². The normalized spacial score (nSPS) is 11.6. The number of hydrogen-bond acceptors (Lipinski definition) is 3. The van der Waals surface area contributed by atoms with E-state index in [4.69, 9.17) is 0 Å². The summed E-state index contributed by atoms with van der Waals surface area (Å²) in [6.07, 6.45) is 0.633. The zero-order chi connectivity index (χ0) is 19.6. The lowest BCUT2D eigenvalue weighted by molar-refractivity contribution is 0.591. The van der Waals surface area contributed by atoms with E-state index in [0.29, 0.717) is 22.9 Å². The maximum atomic E-state index is 13.5. The van der Waals surface area contributed by atoms with E-state index in [1.54, 1.807) is 24.3 Å². The molecular weight excluding hydrogens is 454 g/mol. The van der Waals surface area contributed by atoms with Gasteiger partial charge in [-0.1, -0.05) is 66.7 Å². The van der Waals surface area contributed by atoms with Crippen molar-refractivity contribution < 1.29 is 8.42 Å². The Balaban J connectivity index is 1.80. The van der Waals surface area contributed by atoms with E-state index in [9.17, 15) is 8.42 Å². The molecule has 0 aliphatic heterocycles. The van der Waals surface area contributed by atoms with E-state index < -0.39 is 10.0 Å². The molecule has 3 nitrogen and oxygen atoms in total. The molecule has 0 aliphatic rings. The zero-order valence-electron chi connectivity index (χ0n) is 15.0. The number of sulfonamides is 1. The molecular formula is C22H18BrNO2S2. The quantitative estimate of drug-likeness (QED) is 0.340. The van der Waals surface area contributed by atoms with Crippen LogP contribution in [-0.4, -0.2) is 15.0 Å². The van der Waals surface area contributed by atoms with Crippen molar-refractivity contribution in [2.24, 2.45) is 0 Å². The monoisotopic (exact) mass is 471 g/mol. The highest BCUT2D eigenvalue weighted by molar-refractivity contribution is 9.10. The summed E-state index contributed by atoms with van der Waals surface area (Å²) >= 11 is 5.14. The molecule has 0 aliphatic carbocycles. The average molecular weight is 472 g/mol. The van der Waals surface area contributed by atoms with Crippen LogP contribution in [0.3, 0.4) is 0 Å². The van der Waals surface area contributed by atoms with E-state index in [1.807, 2.05) is 60.7 Å². The second-order valence-corrected chi connectivity index (χ2v) is 10.0. The van der Waals surface area contributed by atoms with Gasteiger partial charge in [0.25, 0.3) is 10.0 Å². The highest BCUT2D eigenvalue weighted by Crippen LogP contribution is 2.43. The first-order chi connectivity index (χ1) is 13.6. The lowest BCUT2D eigenvalue weighted by Crippen LogP contribution is -2.32. The van der Waals surface area contributed by atoms with Gasteiger partial charge in [0.1, 0.15) is 5.00 Å². The molecule has 0 fully saturated rings. The zero-order valence-corrected chi connectivity index (χ0v) is 18.2. The van der Waals surface area contributed by atoms with Crippen LogP contribution < -0.4 is 4.31 Å². The Morgan fingerprint density at radius 2 is 1.43 bits per heavy atom. The van der Waals surface area contributed by atoms with Crippen LogP contribution in [0.15, 0.2) is 94.3 Å². The molecule has 0 unspecified atom stereocenters. The van der Waals surface area contributed by atoms with Crippen molar-refractivity contribution in [3.63, 3.8) is 0 Å². The standard InChI is InChI=1S/C22H18BrNO2S2/c23-21-19-13-7-8-14-20(19)27-22(21)24(16-15-17-9-3-1-4-10-17)28(25,26)18-11-5-2-6-12-18/h1-14H,15-16H2. The van der Waals surface area contributed by atoms with Crippen molar-refractivity contribution in [1.29, 1.82) is 0 Å². The third kappa shape index (κ3) is 3.72. The molecule has 0 spiro atoms. The molecule has 0 saturated heterocycles. The van der Waals surface area contributed by atoms with Gasteiger partial charge in [0, 0.05) is 16.6 Å². The van der Waals surface area contributed by atoms with E-state index in [2.05, 4.69) is 15.9 Å². The average Bonchev–Trinajstić information content (AvgIpc) is 3.06. The van der Waals surface area contributed by atoms with Gasteiger partial charge in [0.15, 0.2) is 0 Å². The Labute approximate surface area is 177 Å². The first-order valence-electron chi connectivity index (χ1n) is 8.86. The topological polar surface area (TPSA) is 37.4 Å². The minimum atomic E-state index is -3.68. The van der Waals surface area contributed by atoms with E-state index in [-0.39, 0.29) is 0 Å². The molecule has 0 amide bonds. The molecule has 4 aromatic rings. The van der Waals surface area contributed by atoms with Crippen LogP contribution in [0.1, 0.15) is 5.56 Å². The fourth-order valence-corrected chi connectivity index (χ4v) is 6.97. The molecule has 1 heterocycles. The molecule has 0 saturated carbocycles. The van der Waals surface area contributed by atoms with Crippen LogP contribution in [-0.2, 0) is 16.4 Å². The van der Waals surface area contributed by atoms with Crippen LogP contribution >= 0.6 is 27.3 Å². The predicted molar refractivity (Wildman–Crippen MR) is 121 cm³/mol. The molecule has 28 heavy (non-hydrogen) atoms. The summed E-state index contributed by atoms with van der Waals surface area (Å²) < 4.78 is 30.4. The largest absolute Gasteiger partial charge is 0.264 e. The number of benzene rings is 3. The smallest absolute Gasteiger partial charge is 0.256 e. The van der Waals surface area contributed by atoms with Crippen molar-refractivity contribution in [2.45, 2.75) is 11.3 Å². The molecule has 0 atom stereocenters. The molecule has 0 bridgehead atoms. The molecule has 6 heteroatoms. The second kappa shape index (κ2) is 8.07. The lowest BCUT2D eigenvalue weighted by Gasteiger charge is -2.23. The van der Waals surface area contributed by atoms with Crippen LogP contribution in [0, 0.1) is 0 Å². The second-order valence-electron chi connectivity index (χ2n) is 6.34. The van der Waals surface area contributed by atoms with Crippen molar-refractivity contribution in [3.05, 3.63) is 95.0 Å². The first-order valence-corrected chi connectivity index (χ1v) is 11.9. The van der Waals surface area contributed by atoms with Gasteiger partial charge in [0.05, 0.1) is 9.37 Å². The Morgan fingerprint density at radius 3 is 2.11 bits per heavy atom. The van der Waals surface area contributed by atoms with E-state index in [1.165, 1.54) is 15.6 Å². The molecule has 142 valence electrons. The van der Waals surface area contributed by atoms with Crippen molar-refractivity contribution >= 4 is 52.4 Å². The maximum Gasteiger partial charge on any atom is 0.264 e. The van der Waals surface area contributed by atoms with Crippen molar-refractivity contribution in [1.82, 2.24) is 0 Å². The SMILES string of the molecule is O=S(=O)(c1ccccc1)N(CCc1ccccc1)c1sc2ccccc2c1Br. The Hall–Kier alpha value is -2.15. The van der Waals surface area contributed by atoms with Gasteiger partial charge < -0.3 is 0 Å². The number of rotatable bonds is 6. The summed E-state index contributed by atoms with van der Waals surface area (Å²) in [5.74, 6) is 0. The lowest BCUT2D eigenvalue weighted by atomic mass is 10.1. The van der Waals surface area contributed by atoms with Crippen LogP contribution in [0.2, 0.25) is 0 Å². The minimum absolute atomic E-state index is 0.299. The highest BCUT2D eigenvalue weighted by atomic mass is 79.9. The summed E-state index contributed by atoms with van der Waals surface area (Å²) in [7, 11) is -3.68. The number of halogens is 1. The van der Waals surface area contributed by atoms with Gasteiger partial charge in [-0.3, -0.25) is 4.31 Å². The fourth-order valence-electron chi connectivity index (χ4n) is 3.09. The molecule has 3 aromatic carbocycles. The predicted octanol–water partition coefficient (Wildman–Crippen LogP) is 6.10.